The van der Waals surface area contributed by atoms with Crippen LogP contribution in [0.3, 0.4) is 0 Å². The van der Waals surface area contributed by atoms with Crippen LogP contribution in [-0.4, -0.2) is 30.2 Å². The van der Waals surface area contributed by atoms with Crippen molar-refractivity contribution in [3.05, 3.63) is 65.1 Å². The zero-order chi connectivity index (χ0) is 33.6. The molecule has 1 N–H and O–H groups in total. The van der Waals surface area contributed by atoms with Crippen LogP contribution in [0.25, 0.3) is 0 Å². The maximum atomic E-state index is 14.8. The lowest BCUT2D eigenvalue weighted by atomic mass is 9.33. The lowest BCUT2D eigenvalue weighted by Gasteiger charge is -2.70. The number of rotatable bonds is 5. The Hall–Kier alpha value is -2.89. The molecule has 1 aromatic carbocycles. The minimum Gasteiger partial charge on any atom is -0.467 e. The van der Waals surface area contributed by atoms with Gasteiger partial charge in [0, 0.05) is 17.4 Å². The molecule has 5 aliphatic carbocycles. The Labute approximate surface area is 281 Å². The first-order chi connectivity index (χ1) is 22.2. The highest BCUT2D eigenvalue weighted by Crippen LogP contribution is 2.75. The van der Waals surface area contributed by atoms with E-state index in [1.807, 2.05) is 36.5 Å². The van der Waals surface area contributed by atoms with Crippen LogP contribution < -0.4 is 5.32 Å². The molecule has 3 saturated carbocycles. The molecule has 6 nitrogen and oxygen atoms in total. The molecule has 1 aromatic heterocycles. The van der Waals surface area contributed by atoms with Crippen molar-refractivity contribution < 1.29 is 18.8 Å². The van der Waals surface area contributed by atoms with Crippen molar-refractivity contribution in [2.45, 2.75) is 118 Å². The number of nitrogens with zero attached hydrogens (tertiary/aromatic N) is 1. The van der Waals surface area contributed by atoms with Crippen molar-refractivity contribution in [2.75, 3.05) is 7.11 Å². The van der Waals surface area contributed by atoms with Gasteiger partial charge in [-0.05, 0) is 103 Å². The van der Waals surface area contributed by atoms with Crippen LogP contribution in [0.5, 0.6) is 0 Å². The third-order valence-electron chi connectivity index (χ3n) is 15.5. The molecule has 5 aliphatic rings. The highest BCUT2D eigenvalue weighted by atomic mass is 16.5. The average Bonchev–Trinajstić information content (AvgIpc) is 3.52. The number of hydrogen-bond donors (Lipinski definition) is 1. The summed E-state index contributed by atoms with van der Waals surface area (Å²) in [5.41, 5.74) is 3.55. The number of aromatic nitrogens is 1. The van der Waals surface area contributed by atoms with Gasteiger partial charge in [0.25, 0.3) is 0 Å². The largest absolute Gasteiger partial charge is 0.467 e. The van der Waals surface area contributed by atoms with Crippen molar-refractivity contribution in [1.82, 2.24) is 10.5 Å². The van der Waals surface area contributed by atoms with Crippen LogP contribution in [0.1, 0.15) is 110 Å². The first kappa shape index (κ1) is 32.6. The first-order valence-corrected chi connectivity index (χ1v) is 18.3. The number of carbonyl (C=O) groups excluding carboxylic acids is 2. The Morgan fingerprint density at radius 3 is 2.47 bits per heavy atom. The third-order valence-corrected chi connectivity index (χ3v) is 15.5. The summed E-state index contributed by atoms with van der Waals surface area (Å²) in [6.45, 7) is 17.3. The third kappa shape index (κ3) is 4.51. The molecule has 1 unspecified atom stereocenters. The number of hydrogen-bond acceptors (Lipinski definition) is 5. The summed E-state index contributed by atoms with van der Waals surface area (Å²) >= 11 is 0. The molecule has 10 atom stereocenters. The summed E-state index contributed by atoms with van der Waals surface area (Å²) in [6, 6.07) is 9.24. The minimum atomic E-state index is -0.706. The predicted octanol–water partition coefficient (Wildman–Crippen LogP) is 8.25. The van der Waals surface area contributed by atoms with E-state index in [4.69, 9.17) is 9.26 Å². The van der Waals surface area contributed by atoms with E-state index in [0.717, 1.165) is 49.8 Å². The van der Waals surface area contributed by atoms with E-state index in [1.54, 1.807) is 0 Å². The van der Waals surface area contributed by atoms with Crippen molar-refractivity contribution in [3.8, 4) is 0 Å². The Bertz CT molecular complexity index is 1580. The summed E-state index contributed by atoms with van der Waals surface area (Å²) in [5.74, 6) is 2.92. The van der Waals surface area contributed by atoms with Crippen LogP contribution in [0.4, 0.5) is 0 Å². The van der Waals surface area contributed by atoms with E-state index in [1.165, 1.54) is 31.1 Å². The lowest BCUT2D eigenvalue weighted by Crippen LogP contribution is -2.66. The van der Waals surface area contributed by atoms with Gasteiger partial charge in [-0.25, -0.2) is 4.79 Å². The van der Waals surface area contributed by atoms with Crippen LogP contribution in [0.2, 0.25) is 0 Å². The normalized spacial score (nSPS) is 40.7. The predicted molar refractivity (Wildman–Crippen MR) is 183 cm³/mol. The molecular weight excluding hydrogens is 584 g/mol. The lowest BCUT2D eigenvalue weighted by molar-refractivity contribution is -0.171. The molecular formula is C41H56N2O4. The number of methoxy groups -OCH3 is 1. The maximum absolute atomic E-state index is 14.8. The van der Waals surface area contributed by atoms with E-state index in [0.29, 0.717) is 30.1 Å². The van der Waals surface area contributed by atoms with Crippen molar-refractivity contribution in [2.24, 2.45) is 51.2 Å². The van der Waals surface area contributed by atoms with Gasteiger partial charge < -0.3 is 14.6 Å². The molecule has 7 rings (SSSR count). The maximum Gasteiger partial charge on any atom is 0.328 e. The molecule has 1 amide bonds. The van der Waals surface area contributed by atoms with Crippen molar-refractivity contribution >= 4 is 11.9 Å². The van der Waals surface area contributed by atoms with Gasteiger partial charge in [0.1, 0.15) is 11.8 Å². The fourth-order valence-corrected chi connectivity index (χ4v) is 12.7. The second-order valence-corrected chi connectivity index (χ2v) is 17.6. The van der Waals surface area contributed by atoms with Gasteiger partial charge in [-0.15, -0.1) is 0 Å². The molecule has 47 heavy (non-hydrogen) atoms. The molecule has 1 heterocycles. The number of amides is 1. The molecule has 0 spiro atoms. The van der Waals surface area contributed by atoms with Gasteiger partial charge in [0.2, 0.25) is 5.91 Å². The highest BCUT2D eigenvalue weighted by Gasteiger charge is 2.69. The fraction of sp³-hybridized carbons (Fsp3) is 0.683. The number of ether oxygens (including phenoxy) is 1. The topological polar surface area (TPSA) is 81.4 Å². The van der Waals surface area contributed by atoms with Gasteiger partial charge in [0.05, 0.1) is 18.7 Å². The Balaban J connectivity index is 1.26. The summed E-state index contributed by atoms with van der Waals surface area (Å²) in [6.07, 6.45) is 13.2. The summed E-state index contributed by atoms with van der Waals surface area (Å²) in [7, 11) is 1.42. The number of fused-ring (bicyclic) bond motifs is 8. The first-order valence-electron chi connectivity index (χ1n) is 18.3. The molecule has 0 bridgehead atoms. The van der Waals surface area contributed by atoms with Gasteiger partial charge in [-0.3, -0.25) is 4.79 Å². The molecule has 0 aliphatic heterocycles. The average molecular weight is 641 g/mol. The Kier molecular flexibility index (Phi) is 7.69. The van der Waals surface area contributed by atoms with E-state index >= 15 is 0 Å². The number of allylic oxidation sites excluding steroid dienone is 2. The molecule has 6 heteroatoms. The van der Waals surface area contributed by atoms with Crippen LogP contribution in [0, 0.1) is 51.2 Å². The number of benzene rings is 1. The molecule has 0 saturated heterocycles. The Morgan fingerprint density at radius 1 is 1.00 bits per heavy atom. The summed E-state index contributed by atoms with van der Waals surface area (Å²) in [4.78, 5) is 27.9. The van der Waals surface area contributed by atoms with Crippen molar-refractivity contribution in [1.29, 1.82) is 0 Å². The zero-order valence-corrected chi connectivity index (χ0v) is 29.9. The van der Waals surface area contributed by atoms with Crippen LogP contribution in [-0.2, 0) is 32.6 Å². The van der Waals surface area contributed by atoms with E-state index < -0.39 is 11.5 Å². The van der Waals surface area contributed by atoms with Gasteiger partial charge in [-0.2, -0.15) is 0 Å². The van der Waals surface area contributed by atoms with E-state index in [9.17, 15) is 9.59 Å². The zero-order valence-electron chi connectivity index (χ0n) is 29.9. The standard InChI is InChI=1S/C41H56N2O4/c1-25-16-19-41(36(45)43-30(35(44)46-8)22-27-12-10-9-11-13-27)21-20-39(6)29(33(41)26(25)2)14-15-32-38(5)23-28-24-42-47-34(28)37(3,4)31(38)17-18-40(32,39)7/h9-14,24-26,30-33H,15-23H2,1-8H3,(H,43,45)/t25-,26+,30?,31+,32-,33+,38+,39-,40-,41+/m1/s1. The molecule has 254 valence electrons. The monoisotopic (exact) mass is 640 g/mol. The van der Waals surface area contributed by atoms with Crippen LogP contribution >= 0.6 is 0 Å². The van der Waals surface area contributed by atoms with Gasteiger partial charge >= 0.3 is 5.97 Å². The van der Waals surface area contributed by atoms with Crippen LogP contribution in [0.15, 0.2) is 52.7 Å². The van der Waals surface area contributed by atoms with Gasteiger partial charge in [-0.1, -0.05) is 95.6 Å². The highest BCUT2D eigenvalue weighted by molar-refractivity contribution is 5.89. The second kappa shape index (κ2) is 11.1. The SMILES string of the molecule is COC(=O)C(Cc1ccccc1)NC(=O)[C@]12CC[C@@H](C)[C@H](C)[C@H]1C1=CC[C@@H]3[C@@]4(C)Cc5cnoc5C(C)(C)[C@@H]4CC[C@@]3(C)[C@]1(C)CC2. The molecule has 3 fully saturated rings. The summed E-state index contributed by atoms with van der Waals surface area (Å²) in [5, 5.41) is 7.57. The van der Waals surface area contributed by atoms with E-state index in [-0.39, 0.29) is 39.5 Å². The van der Waals surface area contributed by atoms with Gasteiger partial charge in [0.15, 0.2) is 0 Å². The number of carbonyl (C=O) groups is 2. The minimum absolute atomic E-state index is 0.00845. The molecule has 0 radical (unpaired) electrons. The van der Waals surface area contributed by atoms with Crippen molar-refractivity contribution in [3.63, 3.8) is 0 Å². The molecule has 2 aromatic rings. The number of esters is 1. The smallest absolute Gasteiger partial charge is 0.328 e. The number of nitrogens with one attached hydrogen (secondary N) is 1. The quantitative estimate of drug-likeness (QED) is 0.263. The van der Waals surface area contributed by atoms with E-state index in [2.05, 4.69) is 65.0 Å². The second-order valence-electron chi connectivity index (χ2n) is 17.6. The fourth-order valence-electron chi connectivity index (χ4n) is 12.7. The summed E-state index contributed by atoms with van der Waals surface area (Å²) < 4.78 is 11.1. The Morgan fingerprint density at radius 2 is 1.74 bits per heavy atom.